The van der Waals surface area contributed by atoms with Gasteiger partial charge in [0.1, 0.15) is 0 Å². The Morgan fingerprint density at radius 1 is 1.12 bits per heavy atom. The van der Waals surface area contributed by atoms with Crippen LogP contribution in [0.4, 0.5) is 0 Å². The highest BCUT2D eigenvalue weighted by molar-refractivity contribution is 9.11. The topological polar surface area (TPSA) is 12.0 Å². The molecule has 16 heavy (non-hydrogen) atoms. The molecule has 1 nitrogen and oxygen atoms in total. The quantitative estimate of drug-likeness (QED) is 0.783. The molecular weight excluding hydrogens is 370 g/mol. The molecule has 0 fully saturated rings. The number of nitrogens with one attached hydrogen (secondary N) is 1. The Bertz CT molecular complexity index is 424. The lowest BCUT2D eigenvalue weighted by Gasteiger charge is -2.16. The van der Waals surface area contributed by atoms with Gasteiger partial charge in [-0.25, -0.2) is 0 Å². The fourth-order valence-corrected chi connectivity index (χ4v) is 4.98. The van der Waals surface area contributed by atoms with E-state index in [0.29, 0.717) is 0 Å². The summed E-state index contributed by atoms with van der Waals surface area (Å²) in [5.41, 5.74) is 0. The Kier molecular flexibility index (Phi) is 4.61. The summed E-state index contributed by atoms with van der Waals surface area (Å²) in [5.74, 6) is 0. The highest BCUT2D eigenvalue weighted by atomic mass is 79.9. The maximum Gasteiger partial charge on any atom is 0.0787 e. The van der Waals surface area contributed by atoms with Gasteiger partial charge in [-0.05, 0) is 61.3 Å². The van der Waals surface area contributed by atoms with Crippen LogP contribution in [-0.2, 0) is 0 Å². The predicted molar refractivity (Wildman–Crippen MR) is 79.6 cm³/mol. The van der Waals surface area contributed by atoms with E-state index in [4.69, 9.17) is 0 Å². The molecule has 0 radical (unpaired) electrons. The van der Waals surface area contributed by atoms with Crippen molar-refractivity contribution in [1.82, 2.24) is 5.32 Å². The molecule has 0 amide bonds. The number of rotatable bonds is 4. The van der Waals surface area contributed by atoms with E-state index in [1.54, 1.807) is 22.7 Å². The summed E-state index contributed by atoms with van der Waals surface area (Å²) >= 11 is 10.8. The van der Waals surface area contributed by atoms with Crippen LogP contribution < -0.4 is 5.32 Å². The van der Waals surface area contributed by atoms with Gasteiger partial charge in [0.15, 0.2) is 0 Å². The first-order valence-corrected chi connectivity index (χ1v) is 8.27. The van der Waals surface area contributed by atoms with E-state index < -0.39 is 0 Å². The Hall–Kier alpha value is 0.320. The molecule has 0 spiro atoms. The SMILES string of the molecule is CCNC(c1sccc1Br)c1sccc1Br. The standard InChI is InChI=1S/C11H11Br2NS2/c1-2-14-9(10-7(12)3-5-15-10)11-8(13)4-6-16-11/h3-6,9,14H,2H2,1H3. The molecule has 0 atom stereocenters. The van der Waals surface area contributed by atoms with Gasteiger partial charge >= 0.3 is 0 Å². The summed E-state index contributed by atoms with van der Waals surface area (Å²) in [6.07, 6.45) is 0. The monoisotopic (exact) mass is 379 g/mol. The third-order valence-corrected chi connectivity index (χ3v) is 6.09. The van der Waals surface area contributed by atoms with Gasteiger partial charge in [-0.3, -0.25) is 0 Å². The first-order chi connectivity index (χ1) is 7.74. The van der Waals surface area contributed by atoms with Gasteiger partial charge in [-0.15, -0.1) is 22.7 Å². The molecule has 0 aliphatic heterocycles. The largest absolute Gasteiger partial charge is 0.305 e. The molecule has 0 saturated heterocycles. The van der Waals surface area contributed by atoms with Gasteiger partial charge in [0.05, 0.1) is 6.04 Å². The lowest BCUT2D eigenvalue weighted by molar-refractivity contribution is 0.645. The van der Waals surface area contributed by atoms with Gasteiger partial charge in [0, 0.05) is 18.7 Å². The highest BCUT2D eigenvalue weighted by Gasteiger charge is 2.20. The Labute approximate surface area is 120 Å². The van der Waals surface area contributed by atoms with E-state index in [9.17, 15) is 0 Å². The number of halogens is 2. The van der Waals surface area contributed by atoms with Crippen LogP contribution in [0.1, 0.15) is 22.7 Å². The van der Waals surface area contributed by atoms with E-state index in [1.165, 1.54) is 18.7 Å². The summed E-state index contributed by atoms with van der Waals surface area (Å²) in [6, 6.07) is 4.49. The van der Waals surface area contributed by atoms with Crippen molar-refractivity contribution < 1.29 is 0 Å². The van der Waals surface area contributed by atoms with Crippen molar-refractivity contribution in [3.05, 3.63) is 41.6 Å². The van der Waals surface area contributed by atoms with Gasteiger partial charge in [-0.1, -0.05) is 6.92 Å². The van der Waals surface area contributed by atoms with Crippen LogP contribution >= 0.6 is 54.5 Å². The molecule has 0 unspecified atom stereocenters. The van der Waals surface area contributed by atoms with Gasteiger partial charge in [0.2, 0.25) is 0 Å². The summed E-state index contributed by atoms with van der Waals surface area (Å²) in [4.78, 5) is 2.68. The molecule has 0 aliphatic rings. The van der Waals surface area contributed by atoms with Crippen molar-refractivity contribution in [2.24, 2.45) is 0 Å². The number of hydrogen-bond acceptors (Lipinski definition) is 3. The van der Waals surface area contributed by atoms with Crippen molar-refractivity contribution in [1.29, 1.82) is 0 Å². The van der Waals surface area contributed by atoms with Crippen LogP contribution in [0.15, 0.2) is 31.8 Å². The highest BCUT2D eigenvalue weighted by Crippen LogP contribution is 2.38. The second-order valence-corrected chi connectivity index (χ2v) is 6.86. The molecule has 0 saturated carbocycles. The van der Waals surface area contributed by atoms with E-state index in [2.05, 4.69) is 67.0 Å². The van der Waals surface area contributed by atoms with Crippen LogP contribution in [0.5, 0.6) is 0 Å². The third-order valence-electron chi connectivity index (χ3n) is 2.22. The minimum Gasteiger partial charge on any atom is -0.305 e. The zero-order chi connectivity index (χ0) is 11.5. The maximum atomic E-state index is 3.61. The average molecular weight is 381 g/mol. The zero-order valence-corrected chi connectivity index (χ0v) is 13.5. The van der Waals surface area contributed by atoms with Gasteiger partial charge in [-0.2, -0.15) is 0 Å². The molecule has 86 valence electrons. The summed E-state index contributed by atoms with van der Waals surface area (Å²) in [7, 11) is 0. The Morgan fingerprint density at radius 2 is 1.62 bits per heavy atom. The second-order valence-electron chi connectivity index (χ2n) is 3.26. The van der Waals surface area contributed by atoms with E-state index in [1.807, 2.05) is 0 Å². The van der Waals surface area contributed by atoms with E-state index in [0.717, 1.165) is 6.54 Å². The second kappa shape index (κ2) is 5.78. The van der Waals surface area contributed by atoms with Crippen molar-refractivity contribution in [3.63, 3.8) is 0 Å². The minimum absolute atomic E-state index is 0.286. The summed E-state index contributed by atoms with van der Waals surface area (Å²) in [6.45, 7) is 3.09. The lowest BCUT2D eigenvalue weighted by Crippen LogP contribution is -2.20. The van der Waals surface area contributed by atoms with Crippen LogP contribution in [0.2, 0.25) is 0 Å². The Morgan fingerprint density at radius 3 is 1.94 bits per heavy atom. The first kappa shape index (κ1) is 12.8. The van der Waals surface area contributed by atoms with Crippen LogP contribution in [0.25, 0.3) is 0 Å². The normalized spacial score (nSPS) is 11.2. The average Bonchev–Trinajstić information content (AvgIpc) is 2.84. The van der Waals surface area contributed by atoms with Crippen molar-refractivity contribution >= 4 is 54.5 Å². The van der Waals surface area contributed by atoms with Crippen molar-refractivity contribution in [2.45, 2.75) is 13.0 Å². The molecule has 1 N–H and O–H groups in total. The fourth-order valence-electron chi connectivity index (χ4n) is 1.53. The molecule has 2 rings (SSSR count). The summed E-state index contributed by atoms with van der Waals surface area (Å²) < 4.78 is 2.37. The molecule has 2 aromatic rings. The number of hydrogen-bond donors (Lipinski definition) is 1. The maximum absolute atomic E-state index is 3.61. The van der Waals surface area contributed by atoms with E-state index >= 15 is 0 Å². The van der Waals surface area contributed by atoms with Crippen LogP contribution in [0, 0.1) is 0 Å². The molecule has 5 heteroatoms. The Balaban J connectivity index is 2.39. The fraction of sp³-hybridized carbons (Fsp3) is 0.273. The molecule has 2 aromatic heterocycles. The van der Waals surface area contributed by atoms with Crippen LogP contribution in [0.3, 0.4) is 0 Å². The molecule has 0 bridgehead atoms. The molecule has 0 aliphatic carbocycles. The smallest absolute Gasteiger partial charge is 0.0787 e. The van der Waals surface area contributed by atoms with Gasteiger partial charge < -0.3 is 5.32 Å². The number of thiophene rings is 2. The van der Waals surface area contributed by atoms with Gasteiger partial charge in [0.25, 0.3) is 0 Å². The van der Waals surface area contributed by atoms with Crippen molar-refractivity contribution in [2.75, 3.05) is 6.54 Å². The lowest BCUT2D eigenvalue weighted by atomic mass is 10.2. The van der Waals surface area contributed by atoms with Crippen LogP contribution in [-0.4, -0.2) is 6.54 Å². The first-order valence-electron chi connectivity index (χ1n) is 4.93. The van der Waals surface area contributed by atoms with E-state index in [-0.39, 0.29) is 6.04 Å². The third kappa shape index (κ3) is 2.59. The molecular formula is C11H11Br2NS2. The zero-order valence-electron chi connectivity index (χ0n) is 8.67. The molecule has 0 aromatic carbocycles. The minimum atomic E-state index is 0.286. The summed E-state index contributed by atoms with van der Waals surface area (Å²) in [5, 5.41) is 7.76. The predicted octanol–water partition coefficient (Wildman–Crippen LogP) is 5.03. The molecule has 2 heterocycles. The van der Waals surface area contributed by atoms with Crippen molar-refractivity contribution in [3.8, 4) is 0 Å².